The summed E-state index contributed by atoms with van der Waals surface area (Å²) in [4.78, 5) is 13.7. The van der Waals surface area contributed by atoms with Gasteiger partial charge in [-0.25, -0.2) is 8.42 Å². The van der Waals surface area contributed by atoms with Crippen molar-refractivity contribution in [2.24, 2.45) is 0 Å². The van der Waals surface area contributed by atoms with E-state index in [0.717, 1.165) is 5.56 Å². The third-order valence-corrected chi connectivity index (χ3v) is 6.50. The molecular weight excluding hydrogens is 322 g/mol. The monoisotopic (exact) mass is 345 g/mol. The molecule has 0 unspecified atom stereocenters. The number of carbonyl (C=O) groups is 1. The summed E-state index contributed by atoms with van der Waals surface area (Å²) in [5.41, 5.74) is 1.06. The van der Waals surface area contributed by atoms with Crippen LogP contribution in [0, 0.1) is 0 Å². The second kappa shape index (κ2) is 7.47. The number of likely N-dealkylation sites (N-methyl/N-ethyl adjacent to an activating group) is 1. The zero-order chi connectivity index (χ0) is 17.1. The summed E-state index contributed by atoms with van der Waals surface area (Å²) in [5, 5.41) is 0.116. The largest absolute Gasteiger partial charge is 0.342 e. The van der Waals surface area contributed by atoms with Crippen molar-refractivity contribution < 1.29 is 13.2 Å². The Kier molecular flexibility index (Phi) is 6.44. The van der Waals surface area contributed by atoms with Gasteiger partial charge in [-0.15, -0.1) is 0 Å². The lowest BCUT2D eigenvalue weighted by Crippen LogP contribution is -2.42. The molecule has 1 aromatic carbocycles. The molecule has 0 spiro atoms. The van der Waals surface area contributed by atoms with E-state index >= 15 is 0 Å². The fraction of sp³-hybridized carbons (Fsp3) is 0.562. The van der Waals surface area contributed by atoms with Gasteiger partial charge in [0, 0.05) is 24.0 Å². The number of halogens is 1. The SMILES string of the molecule is CC(C)S(=O)(=O)CC(=O)N(C)[C@H](C)[C@H](C)c1ccc(Cl)cc1. The van der Waals surface area contributed by atoms with Gasteiger partial charge < -0.3 is 4.90 Å². The maximum absolute atomic E-state index is 12.2. The molecule has 2 atom stereocenters. The first-order valence-electron chi connectivity index (χ1n) is 7.29. The van der Waals surface area contributed by atoms with E-state index in [1.54, 1.807) is 20.9 Å². The third-order valence-electron chi connectivity index (χ3n) is 4.17. The number of carbonyl (C=O) groups excluding carboxylic acids is 1. The minimum Gasteiger partial charge on any atom is -0.342 e. The Morgan fingerprint density at radius 1 is 1.14 bits per heavy atom. The van der Waals surface area contributed by atoms with Gasteiger partial charge >= 0.3 is 0 Å². The van der Waals surface area contributed by atoms with Gasteiger partial charge in [-0.3, -0.25) is 4.79 Å². The summed E-state index contributed by atoms with van der Waals surface area (Å²) >= 11 is 5.88. The van der Waals surface area contributed by atoms with Crippen molar-refractivity contribution in [2.45, 2.75) is 44.9 Å². The summed E-state index contributed by atoms with van der Waals surface area (Å²) in [6.07, 6.45) is 0. The predicted octanol–water partition coefficient (Wildman–Crippen LogP) is 3.11. The van der Waals surface area contributed by atoms with Crippen LogP contribution in [0.5, 0.6) is 0 Å². The summed E-state index contributed by atoms with van der Waals surface area (Å²) in [6.45, 7) is 7.10. The predicted molar refractivity (Wildman–Crippen MR) is 91.0 cm³/mol. The van der Waals surface area contributed by atoms with Crippen LogP contribution in [0.15, 0.2) is 24.3 Å². The first kappa shape index (κ1) is 19.0. The first-order valence-corrected chi connectivity index (χ1v) is 9.38. The van der Waals surface area contributed by atoms with Crippen LogP contribution in [0.1, 0.15) is 39.2 Å². The highest BCUT2D eigenvalue weighted by Gasteiger charge is 2.27. The van der Waals surface area contributed by atoms with E-state index in [1.807, 2.05) is 38.1 Å². The Bertz CT molecular complexity index is 611. The highest BCUT2D eigenvalue weighted by atomic mass is 35.5. The zero-order valence-electron chi connectivity index (χ0n) is 13.7. The Morgan fingerprint density at radius 3 is 2.09 bits per heavy atom. The number of sulfone groups is 1. The van der Waals surface area contributed by atoms with E-state index in [0.29, 0.717) is 5.02 Å². The van der Waals surface area contributed by atoms with Gasteiger partial charge in [-0.05, 0) is 38.5 Å². The smallest absolute Gasteiger partial charge is 0.237 e. The van der Waals surface area contributed by atoms with E-state index in [1.165, 1.54) is 4.90 Å². The molecule has 0 radical (unpaired) electrons. The highest BCUT2D eigenvalue weighted by Crippen LogP contribution is 2.24. The minimum absolute atomic E-state index is 0.0768. The average molecular weight is 346 g/mol. The Balaban J connectivity index is 2.81. The number of rotatable bonds is 6. The van der Waals surface area contributed by atoms with Gasteiger partial charge in [0.05, 0.1) is 5.25 Å². The summed E-state index contributed by atoms with van der Waals surface area (Å²) in [7, 11) is -1.73. The molecule has 0 saturated carbocycles. The van der Waals surface area contributed by atoms with Crippen LogP contribution < -0.4 is 0 Å². The number of amides is 1. The molecule has 1 aromatic rings. The second-order valence-corrected chi connectivity index (χ2v) is 8.94. The zero-order valence-corrected chi connectivity index (χ0v) is 15.3. The van der Waals surface area contributed by atoms with Crippen LogP contribution in [0.25, 0.3) is 0 Å². The Hall–Kier alpha value is -1.07. The lowest BCUT2D eigenvalue weighted by molar-refractivity contribution is -0.129. The molecule has 0 aliphatic carbocycles. The van der Waals surface area contributed by atoms with Gasteiger partial charge in [0.1, 0.15) is 5.75 Å². The van der Waals surface area contributed by atoms with Crippen LogP contribution >= 0.6 is 11.6 Å². The molecule has 6 heteroatoms. The molecule has 0 aliphatic rings. The van der Waals surface area contributed by atoms with Crippen molar-refractivity contribution in [2.75, 3.05) is 12.8 Å². The van der Waals surface area contributed by atoms with Gasteiger partial charge in [-0.1, -0.05) is 30.7 Å². The molecular formula is C16H24ClNO3S. The summed E-state index contributed by atoms with van der Waals surface area (Å²) < 4.78 is 23.8. The van der Waals surface area contributed by atoms with Gasteiger partial charge in [0.15, 0.2) is 9.84 Å². The van der Waals surface area contributed by atoms with Crippen molar-refractivity contribution in [1.29, 1.82) is 0 Å². The molecule has 1 amide bonds. The molecule has 0 aliphatic heterocycles. The quantitative estimate of drug-likeness (QED) is 0.796. The summed E-state index contributed by atoms with van der Waals surface area (Å²) in [5.74, 6) is -0.742. The van der Waals surface area contributed by atoms with E-state index in [-0.39, 0.29) is 17.9 Å². The van der Waals surface area contributed by atoms with Crippen molar-refractivity contribution in [1.82, 2.24) is 4.90 Å². The molecule has 0 fully saturated rings. The minimum atomic E-state index is -3.38. The number of hydrogen-bond acceptors (Lipinski definition) is 3. The molecule has 0 aromatic heterocycles. The molecule has 1 rings (SSSR count). The van der Waals surface area contributed by atoms with Crippen LogP contribution in [0.2, 0.25) is 5.02 Å². The molecule has 0 N–H and O–H groups in total. The van der Waals surface area contributed by atoms with Crippen molar-refractivity contribution in [3.63, 3.8) is 0 Å². The van der Waals surface area contributed by atoms with Gasteiger partial charge in [-0.2, -0.15) is 0 Å². The number of benzene rings is 1. The van der Waals surface area contributed by atoms with E-state index in [2.05, 4.69) is 0 Å². The average Bonchev–Trinajstić information content (AvgIpc) is 2.45. The lowest BCUT2D eigenvalue weighted by Gasteiger charge is -2.30. The highest BCUT2D eigenvalue weighted by molar-refractivity contribution is 7.92. The van der Waals surface area contributed by atoms with Gasteiger partial charge in [0.25, 0.3) is 0 Å². The fourth-order valence-electron chi connectivity index (χ4n) is 2.05. The molecule has 0 heterocycles. The van der Waals surface area contributed by atoms with Crippen LogP contribution in [-0.2, 0) is 14.6 Å². The topological polar surface area (TPSA) is 54.5 Å². The normalized spacial score (nSPS) is 14.7. The van der Waals surface area contributed by atoms with Crippen LogP contribution in [-0.4, -0.2) is 43.3 Å². The second-order valence-electron chi connectivity index (χ2n) is 5.94. The standard InChI is InChI=1S/C16H24ClNO3S/c1-11(2)22(20,21)10-16(19)18(5)13(4)12(3)14-6-8-15(17)9-7-14/h6-9,11-13H,10H2,1-5H3/t12-,13+/m0/s1. The lowest BCUT2D eigenvalue weighted by atomic mass is 9.93. The Morgan fingerprint density at radius 2 is 1.64 bits per heavy atom. The van der Waals surface area contributed by atoms with Crippen LogP contribution in [0.3, 0.4) is 0 Å². The van der Waals surface area contributed by atoms with Crippen LogP contribution in [0.4, 0.5) is 0 Å². The van der Waals surface area contributed by atoms with E-state index in [4.69, 9.17) is 11.6 Å². The van der Waals surface area contributed by atoms with E-state index < -0.39 is 20.8 Å². The third kappa shape index (κ3) is 4.71. The molecule has 4 nitrogen and oxygen atoms in total. The number of hydrogen-bond donors (Lipinski definition) is 0. The van der Waals surface area contributed by atoms with Gasteiger partial charge in [0.2, 0.25) is 5.91 Å². The first-order chi connectivity index (χ1) is 10.1. The summed E-state index contributed by atoms with van der Waals surface area (Å²) in [6, 6.07) is 7.35. The van der Waals surface area contributed by atoms with Crippen molar-refractivity contribution in [3.05, 3.63) is 34.9 Å². The Labute approximate surface area is 138 Å². The molecule has 0 saturated heterocycles. The van der Waals surface area contributed by atoms with E-state index in [9.17, 15) is 13.2 Å². The van der Waals surface area contributed by atoms with Crippen molar-refractivity contribution >= 4 is 27.3 Å². The maximum Gasteiger partial charge on any atom is 0.237 e. The van der Waals surface area contributed by atoms with Crippen molar-refractivity contribution in [3.8, 4) is 0 Å². The maximum atomic E-state index is 12.2. The number of nitrogens with zero attached hydrogens (tertiary/aromatic N) is 1. The molecule has 22 heavy (non-hydrogen) atoms. The fourth-order valence-corrected chi connectivity index (χ4v) is 3.06. The molecule has 124 valence electrons. The molecule has 0 bridgehead atoms.